The molecule has 17 heteroatoms. The molecule has 1 aliphatic heterocycles. The van der Waals surface area contributed by atoms with Gasteiger partial charge in [0, 0.05) is 41.5 Å². The second-order valence-electron chi connectivity index (χ2n) is 15.5. The van der Waals surface area contributed by atoms with Crippen LogP contribution in [0.5, 0.6) is 0 Å². The highest BCUT2D eigenvalue weighted by atomic mass is 127. The SMILES string of the molecule is CC.CC.CC.CCC.CCC(C)(I)N/C=C(\N)C(C)(C)OCC(C)(C)C(=O)NCC(=O)NC(C)C(=O)Nc1cc2cc3c(nc2cc1F)-c1cc(C(O)C=O)c(COC)c(=O)n1C3. The van der Waals surface area contributed by atoms with Gasteiger partial charge in [-0.2, -0.15) is 0 Å². The summed E-state index contributed by atoms with van der Waals surface area (Å²) in [4.78, 5) is 68.0. The Morgan fingerprint density at radius 3 is 2.17 bits per heavy atom. The number of aromatic nitrogens is 2. The van der Waals surface area contributed by atoms with Gasteiger partial charge >= 0.3 is 0 Å². The molecule has 3 aromatic rings. The lowest BCUT2D eigenvalue weighted by atomic mass is 9.93. The standard InChI is InChI=1S/C38H49FIN7O8.C3H8.3C2H6/c1-9-38(7,40)43-14-30(41)37(5,6)55-19-36(3,4)35(53)42-15-31(50)44-20(2)33(51)46-27-11-21-10-22-16-47-28(32(22)45-26(21)13-25(27)39)12-23(29(49)17-48)24(18-54-8)34(47)52;1-3-2;3*1-2/h10-14,17,20,29,43,49H,9,15-16,18-19,41H2,1-8H3,(H,42,53)(H,44,50)(H,46,51);3H2,1-2H3;3*1-2H3/b30-14-;;;;. The second kappa shape index (κ2) is 27.8. The minimum Gasteiger partial charge on any atom is -0.399 e. The van der Waals surface area contributed by atoms with E-state index in [1.165, 1.54) is 37.2 Å². The number of rotatable bonds is 17. The van der Waals surface area contributed by atoms with Crippen LogP contribution in [0, 0.1) is 11.2 Å². The summed E-state index contributed by atoms with van der Waals surface area (Å²) in [5.41, 5.74) is 6.01. The zero-order valence-corrected chi connectivity index (χ0v) is 43.1. The Hall–Kier alpha value is -4.46. The molecule has 3 amide bonds. The fourth-order valence-electron chi connectivity index (χ4n) is 5.55. The number of methoxy groups -OCH3 is 1. The van der Waals surface area contributed by atoms with Gasteiger partial charge in [0.15, 0.2) is 6.29 Å². The maximum atomic E-state index is 15.3. The highest BCUT2D eigenvalue weighted by molar-refractivity contribution is 14.1. The fourth-order valence-corrected chi connectivity index (χ4v) is 5.70. The van der Waals surface area contributed by atoms with Gasteiger partial charge in [0.25, 0.3) is 5.56 Å². The van der Waals surface area contributed by atoms with Gasteiger partial charge in [0.1, 0.15) is 23.6 Å². The van der Waals surface area contributed by atoms with Gasteiger partial charge in [-0.25, -0.2) is 9.37 Å². The first-order chi connectivity index (χ1) is 30.1. The van der Waals surface area contributed by atoms with Crippen molar-refractivity contribution in [1.82, 2.24) is 25.5 Å². The molecule has 360 valence electrons. The van der Waals surface area contributed by atoms with E-state index in [0.717, 1.165) is 12.5 Å². The molecule has 3 heterocycles. The Balaban J connectivity index is 0.00000411. The van der Waals surface area contributed by atoms with Crippen molar-refractivity contribution in [2.24, 2.45) is 11.1 Å². The number of anilines is 1. The third-order valence-electron chi connectivity index (χ3n) is 9.46. The minimum absolute atomic E-state index is 0.00103. The molecule has 4 rings (SSSR count). The molecular weight excluding hydrogens is 936 g/mol. The van der Waals surface area contributed by atoms with Crippen LogP contribution in [0.1, 0.15) is 139 Å². The topological polar surface area (TPSA) is 216 Å². The van der Waals surface area contributed by atoms with Crippen LogP contribution in [0.2, 0.25) is 0 Å². The Bertz CT molecular complexity index is 2100. The largest absolute Gasteiger partial charge is 0.399 e. The van der Waals surface area contributed by atoms with Gasteiger partial charge in [-0.1, -0.05) is 91.3 Å². The average Bonchev–Trinajstić information content (AvgIpc) is 3.63. The Morgan fingerprint density at radius 1 is 1.03 bits per heavy atom. The van der Waals surface area contributed by atoms with Gasteiger partial charge in [-0.05, 0) is 66.2 Å². The van der Waals surface area contributed by atoms with Crippen molar-refractivity contribution in [3.63, 3.8) is 0 Å². The second-order valence-corrected chi connectivity index (χ2v) is 17.9. The quantitative estimate of drug-likeness (QED) is 0.0260. The summed E-state index contributed by atoms with van der Waals surface area (Å²) >= 11 is 2.29. The summed E-state index contributed by atoms with van der Waals surface area (Å²) in [7, 11) is 1.39. The predicted molar refractivity (Wildman–Crippen MR) is 263 cm³/mol. The van der Waals surface area contributed by atoms with Crippen LogP contribution >= 0.6 is 22.6 Å². The van der Waals surface area contributed by atoms with Crippen LogP contribution in [0.15, 0.2) is 41.0 Å². The zero-order valence-electron chi connectivity index (χ0n) is 40.9. The molecule has 15 nitrogen and oxygen atoms in total. The van der Waals surface area contributed by atoms with Crippen molar-refractivity contribution in [2.75, 3.05) is 25.6 Å². The smallest absolute Gasteiger partial charge is 0.257 e. The number of alkyl halides is 1. The van der Waals surface area contributed by atoms with Crippen molar-refractivity contribution in [3.05, 3.63) is 69.0 Å². The summed E-state index contributed by atoms with van der Waals surface area (Å²) in [6.45, 7) is 28.2. The number of halogens is 2. The molecule has 0 saturated heterocycles. The Morgan fingerprint density at radius 2 is 1.62 bits per heavy atom. The number of carbonyl (C=O) groups excluding carboxylic acids is 4. The van der Waals surface area contributed by atoms with Gasteiger partial charge in [0.05, 0.1) is 63.6 Å². The first-order valence-electron chi connectivity index (χ1n) is 22.0. The van der Waals surface area contributed by atoms with Crippen LogP contribution in [-0.2, 0) is 41.8 Å². The lowest BCUT2D eigenvalue weighted by Crippen LogP contribution is -2.49. The maximum absolute atomic E-state index is 15.3. The van der Waals surface area contributed by atoms with Gasteiger partial charge in [-0.15, -0.1) is 0 Å². The number of hydrogen-bond donors (Lipinski definition) is 6. The van der Waals surface area contributed by atoms with E-state index >= 15 is 4.39 Å². The molecule has 0 spiro atoms. The zero-order chi connectivity index (χ0) is 49.7. The number of aliphatic hydroxyl groups is 1. The Labute approximate surface area is 393 Å². The van der Waals surface area contributed by atoms with Crippen molar-refractivity contribution < 1.29 is 38.1 Å². The predicted octanol–water partition coefficient (Wildman–Crippen LogP) is 7.77. The van der Waals surface area contributed by atoms with Crippen LogP contribution in [0.4, 0.5) is 10.1 Å². The first kappa shape index (κ1) is 59.5. The Kier molecular flexibility index (Phi) is 25.8. The van der Waals surface area contributed by atoms with Gasteiger partial charge < -0.3 is 50.9 Å². The number of nitrogens with two attached hydrogens (primary N) is 1. The molecule has 1 aliphatic rings. The molecule has 2 aromatic heterocycles. The molecule has 0 bridgehead atoms. The van der Waals surface area contributed by atoms with Crippen LogP contribution in [0.25, 0.3) is 22.3 Å². The monoisotopic (exact) mass is 1010 g/mol. The third-order valence-corrected chi connectivity index (χ3v) is 10.5. The summed E-state index contributed by atoms with van der Waals surface area (Å²) in [5.74, 6) is -2.61. The van der Waals surface area contributed by atoms with Gasteiger partial charge in [0.2, 0.25) is 17.7 Å². The molecule has 0 aliphatic carbocycles. The summed E-state index contributed by atoms with van der Waals surface area (Å²) in [6.07, 6.45) is 2.58. The summed E-state index contributed by atoms with van der Waals surface area (Å²) in [6, 6.07) is 4.64. The van der Waals surface area contributed by atoms with Gasteiger partial charge in [-0.3, -0.25) is 19.2 Å². The van der Waals surface area contributed by atoms with Crippen LogP contribution < -0.4 is 32.6 Å². The summed E-state index contributed by atoms with van der Waals surface area (Å²) in [5, 5.41) is 21.6. The van der Waals surface area contributed by atoms with E-state index in [9.17, 15) is 29.1 Å². The van der Waals surface area contributed by atoms with Crippen molar-refractivity contribution in [2.45, 2.75) is 151 Å². The number of carbonyl (C=O) groups is 4. The molecule has 1 aromatic carbocycles. The molecule has 7 N–H and O–H groups in total. The first-order valence-corrected chi connectivity index (χ1v) is 23.1. The molecule has 3 unspecified atom stereocenters. The van der Waals surface area contributed by atoms with E-state index in [0.29, 0.717) is 34.3 Å². The van der Waals surface area contributed by atoms with E-state index in [-0.39, 0.29) is 45.6 Å². The van der Waals surface area contributed by atoms with Crippen molar-refractivity contribution in [3.8, 4) is 11.4 Å². The van der Waals surface area contributed by atoms with Crippen LogP contribution in [0.3, 0.4) is 0 Å². The lowest BCUT2D eigenvalue weighted by molar-refractivity contribution is -0.137. The number of fused-ring (bicyclic) bond motifs is 4. The normalized spacial score (nSPS) is 13.5. The number of pyridine rings is 2. The van der Waals surface area contributed by atoms with E-state index < -0.39 is 58.8 Å². The molecule has 64 heavy (non-hydrogen) atoms. The van der Waals surface area contributed by atoms with Crippen molar-refractivity contribution in [1.29, 1.82) is 0 Å². The number of ether oxygens (including phenoxy) is 2. The van der Waals surface area contributed by atoms with Crippen molar-refractivity contribution >= 4 is 63.2 Å². The van der Waals surface area contributed by atoms with E-state index in [1.807, 2.05) is 55.4 Å². The number of benzene rings is 1. The lowest BCUT2D eigenvalue weighted by Gasteiger charge is -2.32. The molecular formula is C47H75FIN7O8. The molecule has 3 atom stereocenters. The molecule has 0 saturated carbocycles. The number of nitrogens with zero attached hydrogens (tertiary/aromatic N) is 2. The number of nitrogens with one attached hydrogen (secondary N) is 4. The number of aldehydes is 1. The van der Waals surface area contributed by atoms with E-state index in [2.05, 4.69) is 62.7 Å². The number of aliphatic hydroxyl groups excluding tert-OH is 1. The van der Waals surface area contributed by atoms with Crippen LogP contribution in [-0.4, -0.2) is 74.1 Å². The maximum Gasteiger partial charge on any atom is 0.257 e. The third kappa shape index (κ3) is 16.5. The molecule has 0 fully saturated rings. The molecule has 0 radical (unpaired) electrons. The number of amides is 3. The van der Waals surface area contributed by atoms with E-state index in [4.69, 9.17) is 15.2 Å². The van der Waals surface area contributed by atoms with E-state index in [1.54, 1.807) is 40.0 Å². The minimum atomic E-state index is -1.55. The highest BCUT2D eigenvalue weighted by Gasteiger charge is 2.33. The highest BCUT2D eigenvalue weighted by Crippen LogP contribution is 2.35. The summed E-state index contributed by atoms with van der Waals surface area (Å²) < 4.78 is 27.7. The number of hydrogen-bond acceptors (Lipinski definition) is 11. The average molecular weight is 1010 g/mol. The fraction of sp³-hybridized carbons (Fsp3) is 0.574.